The van der Waals surface area contributed by atoms with Crippen LogP contribution in [-0.4, -0.2) is 52.0 Å². The average molecular weight is 286 g/mol. The van der Waals surface area contributed by atoms with Gasteiger partial charge in [0.1, 0.15) is 6.33 Å². The van der Waals surface area contributed by atoms with E-state index in [0.717, 1.165) is 13.1 Å². The molecular formula is C11H16ClN5O2. The van der Waals surface area contributed by atoms with Crippen molar-refractivity contribution in [3.05, 3.63) is 21.6 Å². The Morgan fingerprint density at radius 1 is 1.32 bits per heavy atom. The van der Waals surface area contributed by atoms with Gasteiger partial charge in [-0.25, -0.2) is 9.97 Å². The minimum Gasteiger partial charge on any atom is -0.348 e. The first-order chi connectivity index (χ1) is 9.00. The topological polar surface area (TPSA) is 75.4 Å². The zero-order valence-corrected chi connectivity index (χ0v) is 11.7. The lowest BCUT2D eigenvalue weighted by Gasteiger charge is -2.37. The zero-order chi connectivity index (χ0) is 14.0. The lowest BCUT2D eigenvalue weighted by molar-refractivity contribution is -0.384. The van der Waals surface area contributed by atoms with Gasteiger partial charge in [0.15, 0.2) is 0 Å². The molecule has 0 aromatic carbocycles. The Morgan fingerprint density at radius 3 is 2.47 bits per heavy atom. The van der Waals surface area contributed by atoms with E-state index in [9.17, 15) is 10.1 Å². The highest BCUT2D eigenvalue weighted by Crippen LogP contribution is 2.31. The number of anilines is 1. The van der Waals surface area contributed by atoms with Crippen molar-refractivity contribution in [2.24, 2.45) is 0 Å². The van der Waals surface area contributed by atoms with Crippen LogP contribution in [0.15, 0.2) is 6.33 Å². The molecule has 0 bridgehead atoms. The molecule has 1 saturated heterocycles. The smallest absolute Gasteiger partial charge is 0.348 e. The van der Waals surface area contributed by atoms with Gasteiger partial charge >= 0.3 is 5.69 Å². The van der Waals surface area contributed by atoms with Crippen molar-refractivity contribution >= 4 is 23.1 Å². The van der Waals surface area contributed by atoms with E-state index < -0.39 is 4.92 Å². The molecule has 0 spiro atoms. The lowest BCUT2D eigenvalue weighted by Crippen LogP contribution is -2.49. The Morgan fingerprint density at radius 2 is 1.95 bits per heavy atom. The largest absolute Gasteiger partial charge is 0.348 e. The summed E-state index contributed by atoms with van der Waals surface area (Å²) in [6.07, 6.45) is 1.26. The first kappa shape index (κ1) is 14.0. The summed E-state index contributed by atoms with van der Waals surface area (Å²) in [6, 6.07) is 0.478. The van der Waals surface area contributed by atoms with E-state index in [4.69, 9.17) is 11.6 Å². The van der Waals surface area contributed by atoms with Gasteiger partial charge in [0.25, 0.3) is 0 Å². The van der Waals surface area contributed by atoms with E-state index in [-0.39, 0.29) is 10.8 Å². The van der Waals surface area contributed by atoms with Crippen molar-refractivity contribution in [2.75, 3.05) is 31.1 Å². The summed E-state index contributed by atoms with van der Waals surface area (Å²) in [5.74, 6) is 0.313. The molecule has 0 unspecified atom stereocenters. The van der Waals surface area contributed by atoms with Crippen molar-refractivity contribution < 1.29 is 4.92 Å². The second-order valence-corrected chi connectivity index (χ2v) is 5.07. The molecule has 8 heteroatoms. The number of aromatic nitrogens is 2. The molecule has 0 amide bonds. The molecule has 0 radical (unpaired) electrons. The molecule has 1 fully saturated rings. The van der Waals surface area contributed by atoms with Crippen LogP contribution in [0.25, 0.3) is 0 Å². The molecule has 1 aliphatic heterocycles. The molecule has 104 valence electrons. The third-order valence-electron chi connectivity index (χ3n) is 3.28. The first-order valence-electron chi connectivity index (χ1n) is 6.14. The van der Waals surface area contributed by atoms with Crippen molar-refractivity contribution in [2.45, 2.75) is 19.9 Å². The van der Waals surface area contributed by atoms with Crippen molar-refractivity contribution in [3.8, 4) is 0 Å². The second kappa shape index (κ2) is 5.66. The van der Waals surface area contributed by atoms with E-state index in [1.54, 1.807) is 0 Å². The Hall–Kier alpha value is -1.47. The van der Waals surface area contributed by atoms with Gasteiger partial charge in [-0.05, 0) is 13.8 Å². The number of hydrogen-bond acceptors (Lipinski definition) is 6. The third kappa shape index (κ3) is 2.93. The number of halogens is 1. The summed E-state index contributed by atoms with van der Waals surface area (Å²) in [7, 11) is 0. The fraction of sp³-hybridized carbons (Fsp3) is 0.636. The van der Waals surface area contributed by atoms with Gasteiger partial charge in [0.05, 0.1) is 4.92 Å². The van der Waals surface area contributed by atoms with Crippen LogP contribution in [0.2, 0.25) is 5.15 Å². The molecule has 7 nitrogen and oxygen atoms in total. The van der Waals surface area contributed by atoms with Crippen LogP contribution in [-0.2, 0) is 0 Å². The highest BCUT2D eigenvalue weighted by atomic mass is 35.5. The maximum Gasteiger partial charge on any atom is 0.348 e. The number of nitro groups is 1. The maximum absolute atomic E-state index is 11.1. The van der Waals surface area contributed by atoms with E-state index >= 15 is 0 Å². The average Bonchev–Trinajstić information content (AvgIpc) is 2.38. The molecular weight excluding hydrogens is 270 g/mol. The molecule has 1 aromatic rings. The van der Waals surface area contributed by atoms with Crippen molar-refractivity contribution in [3.63, 3.8) is 0 Å². The molecule has 1 aliphatic rings. The van der Waals surface area contributed by atoms with Gasteiger partial charge in [-0.2, -0.15) is 0 Å². The Kier molecular flexibility index (Phi) is 4.16. The second-order valence-electron chi connectivity index (χ2n) is 4.71. The molecule has 0 atom stereocenters. The van der Waals surface area contributed by atoms with Crippen LogP contribution in [0.4, 0.5) is 11.5 Å². The standard InChI is InChI=1S/C11H16ClN5O2/c1-8(2)15-3-5-16(6-4-15)11-9(17(18)19)10(12)13-7-14-11/h7-8H,3-6H2,1-2H3. The molecule has 0 aliphatic carbocycles. The number of nitrogens with zero attached hydrogens (tertiary/aromatic N) is 5. The fourth-order valence-electron chi connectivity index (χ4n) is 2.19. The Bertz CT molecular complexity index is 474. The van der Waals surface area contributed by atoms with Crippen LogP contribution in [0.5, 0.6) is 0 Å². The van der Waals surface area contributed by atoms with E-state index in [1.807, 2.05) is 4.90 Å². The van der Waals surface area contributed by atoms with Crippen molar-refractivity contribution in [1.29, 1.82) is 0 Å². The van der Waals surface area contributed by atoms with E-state index in [1.165, 1.54) is 6.33 Å². The van der Waals surface area contributed by atoms with Gasteiger partial charge in [-0.1, -0.05) is 11.6 Å². The highest BCUT2D eigenvalue weighted by Gasteiger charge is 2.28. The first-order valence-corrected chi connectivity index (χ1v) is 6.52. The van der Waals surface area contributed by atoms with E-state index in [2.05, 4.69) is 28.7 Å². The molecule has 1 aromatic heterocycles. The zero-order valence-electron chi connectivity index (χ0n) is 10.9. The summed E-state index contributed by atoms with van der Waals surface area (Å²) in [5.41, 5.74) is -0.206. The van der Waals surface area contributed by atoms with Crippen LogP contribution in [0.1, 0.15) is 13.8 Å². The monoisotopic (exact) mass is 285 g/mol. The predicted molar refractivity (Wildman–Crippen MR) is 72.6 cm³/mol. The van der Waals surface area contributed by atoms with Crippen LogP contribution in [0.3, 0.4) is 0 Å². The molecule has 2 heterocycles. The maximum atomic E-state index is 11.1. The summed E-state index contributed by atoms with van der Waals surface area (Å²) >= 11 is 5.79. The molecule has 0 N–H and O–H groups in total. The molecule has 2 rings (SSSR count). The number of rotatable bonds is 3. The van der Waals surface area contributed by atoms with Gasteiger partial charge in [0.2, 0.25) is 11.0 Å². The Labute approximate surface area is 116 Å². The summed E-state index contributed by atoms with van der Waals surface area (Å²) in [6.45, 7) is 7.39. The van der Waals surface area contributed by atoms with E-state index in [0.29, 0.717) is 24.9 Å². The highest BCUT2D eigenvalue weighted by molar-refractivity contribution is 6.31. The number of piperazine rings is 1. The van der Waals surface area contributed by atoms with Crippen LogP contribution >= 0.6 is 11.6 Å². The SMILES string of the molecule is CC(C)N1CCN(c2ncnc(Cl)c2[N+](=O)[O-])CC1. The summed E-state index contributed by atoms with van der Waals surface area (Å²) < 4.78 is 0. The van der Waals surface area contributed by atoms with Crippen molar-refractivity contribution in [1.82, 2.24) is 14.9 Å². The normalized spacial score (nSPS) is 16.9. The minimum atomic E-state index is -0.521. The quantitative estimate of drug-likeness (QED) is 0.477. The number of hydrogen-bond donors (Lipinski definition) is 0. The fourth-order valence-corrected chi connectivity index (χ4v) is 2.38. The third-order valence-corrected chi connectivity index (χ3v) is 3.56. The predicted octanol–water partition coefficient (Wildman–Crippen LogP) is 1.57. The minimum absolute atomic E-state index is 0.110. The van der Waals surface area contributed by atoms with Gasteiger partial charge in [0, 0.05) is 32.2 Å². The Balaban J connectivity index is 2.20. The van der Waals surface area contributed by atoms with Gasteiger partial charge in [-0.3, -0.25) is 15.0 Å². The summed E-state index contributed by atoms with van der Waals surface area (Å²) in [4.78, 5) is 22.5. The van der Waals surface area contributed by atoms with Crippen LogP contribution in [0, 0.1) is 10.1 Å². The summed E-state index contributed by atoms with van der Waals surface area (Å²) in [5, 5.41) is 11.0. The molecule has 0 saturated carbocycles. The van der Waals surface area contributed by atoms with Crippen LogP contribution < -0.4 is 4.90 Å². The lowest BCUT2D eigenvalue weighted by atomic mass is 10.2. The molecule has 19 heavy (non-hydrogen) atoms. The van der Waals surface area contributed by atoms with Gasteiger partial charge < -0.3 is 4.90 Å². The van der Waals surface area contributed by atoms with Gasteiger partial charge in [-0.15, -0.1) is 0 Å².